The lowest BCUT2D eigenvalue weighted by Gasteiger charge is -2.26. The number of carbonyl (C=O) groups excluding carboxylic acids is 1. The molecule has 0 radical (unpaired) electrons. The number of rotatable bonds is 10. The van der Waals surface area contributed by atoms with Crippen LogP contribution in [0.2, 0.25) is 0 Å². The van der Waals surface area contributed by atoms with Crippen LogP contribution in [0.15, 0.2) is 81.7 Å². The molecule has 0 unspecified atom stereocenters. The van der Waals surface area contributed by atoms with E-state index in [9.17, 15) is 9.59 Å². The lowest BCUT2D eigenvalue weighted by molar-refractivity contribution is -0.139. The van der Waals surface area contributed by atoms with E-state index in [1.807, 2.05) is 80.6 Å². The molecule has 0 saturated heterocycles. The van der Waals surface area contributed by atoms with E-state index in [2.05, 4.69) is 45.2 Å². The van der Waals surface area contributed by atoms with Crippen molar-refractivity contribution in [2.24, 2.45) is 4.99 Å². The van der Waals surface area contributed by atoms with E-state index in [0.29, 0.717) is 50.0 Å². The van der Waals surface area contributed by atoms with E-state index >= 15 is 0 Å². The highest BCUT2D eigenvalue weighted by Crippen LogP contribution is 2.37. The zero-order chi connectivity index (χ0) is 32.2. The molecule has 0 fully saturated rings. The molecular weight excluding hydrogens is 818 g/mol. The fourth-order valence-electron chi connectivity index (χ4n) is 5.00. The maximum absolute atomic E-state index is 14.2. The van der Waals surface area contributed by atoms with Crippen LogP contribution in [-0.2, 0) is 16.1 Å². The van der Waals surface area contributed by atoms with E-state index in [0.717, 1.165) is 18.3 Å². The van der Waals surface area contributed by atoms with Gasteiger partial charge in [-0.3, -0.25) is 9.36 Å². The first kappa shape index (κ1) is 33.2. The van der Waals surface area contributed by atoms with E-state index in [1.165, 1.54) is 11.3 Å². The molecule has 1 aliphatic rings. The van der Waals surface area contributed by atoms with Gasteiger partial charge >= 0.3 is 5.97 Å². The van der Waals surface area contributed by atoms with Gasteiger partial charge < -0.3 is 18.9 Å². The van der Waals surface area contributed by atoms with Crippen molar-refractivity contribution in [3.63, 3.8) is 0 Å². The van der Waals surface area contributed by atoms with Gasteiger partial charge in [-0.15, -0.1) is 0 Å². The van der Waals surface area contributed by atoms with Crippen molar-refractivity contribution in [3.8, 4) is 17.2 Å². The van der Waals surface area contributed by atoms with Gasteiger partial charge in [0.15, 0.2) is 16.3 Å². The largest absolute Gasteiger partial charge is 0.493 e. The Kier molecular flexibility index (Phi) is 10.7. The molecule has 1 aromatic heterocycles. The Labute approximate surface area is 292 Å². The molecule has 1 aliphatic heterocycles. The first-order valence-electron chi connectivity index (χ1n) is 14.3. The van der Waals surface area contributed by atoms with E-state index in [1.54, 1.807) is 25.5 Å². The second-order valence-corrected chi connectivity index (χ2v) is 13.9. The van der Waals surface area contributed by atoms with Gasteiger partial charge in [0.2, 0.25) is 0 Å². The van der Waals surface area contributed by atoms with Gasteiger partial charge in [0.05, 0.1) is 39.2 Å². The van der Waals surface area contributed by atoms with Crippen LogP contribution in [0.4, 0.5) is 0 Å². The fourth-order valence-corrected chi connectivity index (χ4v) is 7.19. The van der Waals surface area contributed by atoms with Gasteiger partial charge in [0.1, 0.15) is 18.4 Å². The topological polar surface area (TPSA) is 88.4 Å². The SMILES string of the molecule is CCOC(=O)C1=C(C)N=c2s/c(=C/c3cc(I)c(OCc4ccc(I)cc4)c(OC)c3)c(=O)n2[C@H]1c1ccccc1OC(C)C. The number of ether oxygens (including phenoxy) is 4. The summed E-state index contributed by atoms with van der Waals surface area (Å²) in [4.78, 5) is 32.7. The fraction of sp³-hybridized carbons (Fsp3) is 0.265. The van der Waals surface area contributed by atoms with Gasteiger partial charge in [-0.05, 0) is 120 Å². The maximum atomic E-state index is 14.2. The quantitative estimate of drug-likeness (QED) is 0.136. The predicted molar refractivity (Wildman–Crippen MR) is 192 cm³/mol. The molecule has 5 rings (SSSR count). The number of aromatic nitrogens is 1. The molecule has 8 nitrogen and oxygen atoms in total. The molecule has 45 heavy (non-hydrogen) atoms. The highest BCUT2D eigenvalue weighted by Gasteiger charge is 2.35. The molecule has 0 spiro atoms. The standard InChI is InChI=1S/C34H32I2N2O6S/c1-6-42-33(40)29-20(4)37-34-38(30(29)24-9-7-8-10-26(24)44-19(2)3)32(39)28(45-34)17-22-15-25(36)31(27(16-22)41-5)43-18-21-11-13-23(35)14-12-21/h7-17,19,30H,6,18H2,1-5H3/b28-17+/t30-/m0/s1. The van der Waals surface area contributed by atoms with Crippen LogP contribution in [0.25, 0.3) is 6.08 Å². The van der Waals surface area contributed by atoms with Crippen molar-refractivity contribution in [1.82, 2.24) is 4.57 Å². The number of halogens is 2. The zero-order valence-electron chi connectivity index (χ0n) is 25.4. The van der Waals surface area contributed by atoms with Gasteiger partial charge in [-0.1, -0.05) is 41.7 Å². The number of esters is 1. The highest BCUT2D eigenvalue weighted by molar-refractivity contribution is 14.1. The van der Waals surface area contributed by atoms with E-state index in [4.69, 9.17) is 23.9 Å². The molecule has 0 bridgehead atoms. The first-order chi connectivity index (χ1) is 21.6. The third kappa shape index (κ3) is 7.30. The number of thiazole rings is 1. The van der Waals surface area contributed by atoms with Crippen LogP contribution >= 0.6 is 56.5 Å². The lowest BCUT2D eigenvalue weighted by atomic mass is 9.95. The Morgan fingerprint density at radius 3 is 2.51 bits per heavy atom. The van der Waals surface area contributed by atoms with Gasteiger partial charge in [0, 0.05) is 9.13 Å². The van der Waals surface area contributed by atoms with Crippen molar-refractivity contribution >= 4 is 68.6 Å². The summed E-state index contributed by atoms with van der Waals surface area (Å²) in [7, 11) is 1.59. The van der Waals surface area contributed by atoms with Crippen molar-refractivity contribution in [2.45, 2.75) is 46.4 Å². The Morgan fingerprint density at radius 2 is 1.82 bits per heavy atom. The van der Waals surface area contributed by atoms with Crippen molar-refractivity contribution in [1.29, 1.82) is 0 Å². The number of fused-ring (bicyclic) bond motifs is 1. The monoisotopic (exact) mass is 850 g/mol. The van der Waals surface area contributed by atoms with Crippen molar-refractivity contribution < 1.29 is 23.7 Å². The van der Waals surface area contributed by atoms with Crippen LogP contribution in [0.5, 0.6) is 17.2 Å². The summed E-state index contributed by atoms with van der Waals surface area (Å²) < 4.78 is 27.5. The molecule has 3 aromatic carbocycles. The summed E-state index contributed by atoms with van der Waals surface area (Å²) in [6.07, 6.45) is 1.70. The number of methoxy groups -OCH3 is 1. The molecule has 0 saturated carbocycles. The molecular formula is C34H32I2N2O6S. The summed E-state index contributed by atoms with van der Waals surface area (Å²) in [6.45, 7) is 7.98. The van der Waals surface area contributed by atoms with E-state index < -0.39 is 12.0 Å². The highest BCUT2D eigenvalue weighted by atomic mass is 127. The van der Waals surface area contributed by atoms with Crippen molar-refractivity contribution in [3.05, 3.63) is 115 Å². The van der Waals surface area contributed by atoms with Crippen LogP contribution in [0, 0.1) is 7.14 Å². The molecule has 11 heteroatoms. The Bertz CT molecular complexity index is 1950. The second kappa shape index (κ2) is 14.5. The van der Waals surface area contributed by atoms with E-state index in [-0.39, 0.29) is 18.3 Å². The minimum Gasteiger partial charge on any atom is -0.493 e. The summed E-state index contributed by atoms with van der Waals surface area (Å²) >= 11 is 5.76. The van der Waals surface area contributed by atoms with Gasteiger partial charge in [-0.2, -0.15) is 0 Å². The van der Waals surface area contributed by atoms with Crippen LogP contribution in [-0.4, -0.2) is 30.4 Å². The number of benzene rings is 3. The maximum Gasteiger partial charge on any atom is 0.338 e. The molecule has 0 N–H and O–H groups in total. The minimum atomic E-state index is -0.774. The second-order valence-electron chi connectivity index (χ2n) is 10.5. The number of hydrogen-bond acceptors (Lipinski definition) is 8. The molecule has 2 heterocycles. The third-order valence-corrected chi connectivity index (χ3v) is 9.44. The Morgan fingerprint density at radius 1 is 1.09 bits per heavy atom. The molecule has 0 amide bonds. The molecule has 0 aliphatic carbocycles. The summed E-state index contributed by atoms with van der Waals surface area (Å²) in [5.74, 6) is 1.26. The normalized spacial score (nSPS) is 14.7. The van der Waals surface area contributed by atoms with Crippen molar-refractivity contribution in [2.75, 3.05) is 13.7 Å². The molecule has 1 atom stereocenters. The molecule has 4 aromatic rings. The average molecular weight is 851 g/mol. The predicted octanol–water partition coefficient (Wildman–Crippen LogP) is 6.38. The molecule has 234 valence electrons. The summed E-state index contributed by atoms with van der Waals surface area (Å²) in [5.41, 5.74) is 3.03. The summed E-state index contributed by atoms with van der Waals surface area (Å²) in [5, 5.41) is 0. The number of carbonyl (C=O) groups is 1. The van der Waals surface area contributed by atoms with Gasteiger partial charge in [0.25, 0.3) is 5.56 Å². The van der Waals surface area contributed by atoms with Crippen LogP contribution in [0.1, 0.15) is 50.4 Å². The van der Waals surface area contributed by atoms with Gasteiger partial charge in [-0.25, -0.2) is 9.79 Å². The third-order valence-electron chi connectivity index (χ3n) is 6.94. The first-order valence-corrected chi connectivity index (χ1v) is 17.3. The Hall–Kier alpha value is -3.17. The Balaban J connectivity index is 1.60. The number of para-hydroxylation sites is 1. The number of nitrogens with zero attached hydrogens (tertiary/aromatic N) is 2. The van der Waals surface area contributed by atoms with Crippen LogP contribution in [0.3, 0.4) is 0 Å². The summed E-state index contributed by atoms with van der Waals surface area (Å²) in [6, 6.07) is 18.6. The minimum absolute atomic E-state index is 0.112. The lowest BCUT2D eigenvalue weighted by Crippen LogP contribution is -2.40. The average Bonchev–Trinajstić information content (AvgIpc) is 3.30. The smallest absolute Gasteiger partial charge is 0.338 e. The number of hydrogen-bond donors (Lipinski definition) is 0. The number of allylic oxidation sites excluding steroid dienone is 1. The zero-order valence-corrected chi connectivity index (χ0v) is 30.6. The van der Waals surface area contributed by atoms with Crippen LogP contribution < -0.4 is 29.1 Å².